The molecule has 13 heavy (non-hydrogen) atoms. The van der Waals surface area contributed by atoms with Gasteiger partial charge in [0.2, 0.25) is 0 Å². The first kappa shape index (κ1) is 16.1. The maximum atomic E-state index is 9.32. The van der Waals surface area contributed by atoms with Crippen LogP contribution in [0.2, 0.25) is 0 Å². The first-order valence-corrected chi connectivity index (χ1v) is 3.68. The normalized spacial score (nSPS) is 16.2. The van der Waals surface area contributed by atoms with E-state index in [-0.39, 0.29) is 57.0 Å². The molecule has 0 aromatic rings. The number of aliphatic hydroxyl groups is 1. The van der Waals surface area contributed by atoms with Gasteiger partial charge in [0, 0.05) is 51.3 Å². The molecule has 0 unspecified atom stereocenters. The van der Waals surface area contributed by atoms with E-state index in [0.717, 1.165) is 23.1 Å². The van der Waals surface area contributed by atoms with Crippen LogP contribution in [0.25, 0.3) is 0 Å². The molecule has 0 heterocycles. The summed E-state index contributed by atoms with van der Waals surface area (Å²) in [6.07, 6.45) is 6.84. The molecule has 0 saturated heterocycles. The Morgan fingerprint density at radius 3 is 2.08 bits per heavy atom. The summed E-state index contributed by atoms with van der Waals surface area (Å²) in [4.78, 5) is 0. The second-order valence-corrected chi connectivity index (χ2v) is 2.96. The van der Waals surface area contributed by atoms with Gasteiger partial charge < -0.3 is 22.8 Å². The van der Waals surface area contributed by atoms with Crippen molar-refractivity contribution in [3.8, 4) is 0 Å². The minimum Gasteiger partial charge on any atom is -0.629 e. The SMILES string of the molecule is CC1=[C-]C(C)=C(O)[C-]=C(C)C1.[V].[Y]. The zero-order valence-electron chi connectivity index (χ0n) is 8.18. The van der Waals surface area contributed by atoms with Crippen molar-refractivity contribution in [1.29, 1.82) is 0 Å². The molecule has 3 heteroatoms. The Kier molecular flexibility index (Phi) is 8.77. The predicted octanol–water partition coefficient (Wildman–Crippen LogP) is 2.72. The van der Waals surface area contributed by atoms with E-state index in [2.05, 4.69) is 12.2 Å². The molecule has 0 amide bonds. The first-order valence-electron chi connectivity index (χ1n) is 3.68. The van der Waals surface area contributed by atoms with E-state index >= 15 is 0 Å². The van der Waals surface area contributed by atoms with Gasteiger partial charge >= 0.3 is 0 Å². The Bertz CT molecular complexity index is 238. The van der Waals surface area contributed by atoms with Gasteiger partial charge in [0.1, 0.15) is 0 Å². The molecule has 0 fully saturated rings. The van der Waals surface area contributed by atoms with Crippen LogP contribution in [0.3, 0.4) is 0 Å². The van der Waals surface area contributed by atoms with Gasteiger partial charge in [0.15, 0.2) is 0 Å². The van der Waals surface area contributed by atoms with Gasteiger partial charge in [0.25, 0.3) is 0 Å². The van der Waals surface area contributed by atoms with Crippen molar-refractivity contribution in [3.05, 3.63) is 34.6 Å². The van der Waals surface area contributed by atoms with E-state index < -0.39 is 0 Å². The summed E-state index contributed by atoms with van der Waals surface area (Å²) in [6, 6.07) is 0. The van der Waals surface area contributed by atoms with Crippen LogP contribution in [0.1, 0.15) is 27.2 Å². The molecule has 2 radical (unpaired) electrons. The summed E-state index contributed by atoms with van der Waals surface area (Å²) < 4.78 is 0. The van der Waals surface area contributed by atoms with Crippen molar-refractivity contribution in [3.63, 3.8) is 0 Å². The molecular weight excluding hydrogens is 276 g/mol. The quantitative estimate of drug-likeness (QED) is 0.679. The molecule has 0 aromatic carbocycles. The van der Waals surface area contributed by atoms with E-state index in [1.165, 1.54) is 0 Å². The first-order chi connectivity index (χ1) is 5.09. The van der Waals surface area contributed by atoms with E-state index in [1.54, 1.807) is 0 Å². The van der Waals surface area contributed by atoms with Crippen LogP contribution >= 0.6 is 0 Å². The Hall–Kier alpha value is 0.708. The van der Waals surface area contributed by atoms with E-state index in [0.29, 0.717) is 0 Å². The van der Waals surface area contributed by atoms with Crippen LogP contribution < -0.4 is 0 Å². The van der Waals surface area contributed by atoms with Crippen molar-refractivity contribution in [2.75, 3.05) is 0 Å². The summed E-state index contributed by atoms with van der Waals surface area (Å²) in [7, 11) is 0. The van der Waals surface area contributed by atoms with E-state index in [1.807, 2.05) is 20.8 Å². The Morgan fingerprint density at radius 2 is 1.54 bits per heavy atom. The van der Waals surface area contributed by atoms with Crippen LogP contribution in [0, 0.1) is 12.2 Å². The number of hydrogen-bond acceptors (Lipinski definition) is 1. The monoisotopic (exact) mass is 288 g/mol. The molecule has 0 atom stereocenters. The molecule has 0 saturated carbocycles. The second kappa shape index (κ2) is 7.06. The van der Waals surface area contributed by atoms with Crippen LogP contribution in [-0.4, -0.2) is 5.11 Å². The van der Waals surface area contributed by atoms with Crippen molar-refractivity contribution >= 4 is 0 Å². The van der Waals surface area contributed by atoms with Gasteiger partial charge in [-0.15, -0.1) is 6.92 Å². The minimum atomic E-state index is 0. The zero-order valence-corrected chi connectivity index (χ0v) is 12.4. The Morgan fingerprint density at radius 1 is 1.08 bits per heavy atom. The molecule has 1 aliphatic rings. The Balaban J connectivity index is 0. The summed E-state index contributed by atoms with van der Waals surface area (Å²) >= 11 is 0. The Labute approximate surface area is 117 Å². The van der Waals surface area contributed by atoms with Crippen LogP contribution in [0.15, 0.2) is 22.5 Å². The van der Waals surface area contributed by atoms with Crippen LogP contribution in [0.5, 0.6) is 0 Å². The van der Waals surface area contributed by atoms with Gasteiger partial charge in [-0.1, -0.05) is 13.8 Å². The molecule has 1 nitrogen and oxygen atoms in total. The molecule has 1 rings (SSSR count). The molecule has 0 aliphatic heterocycles. The summed E-state index contributed by atoms with van der Waals surface area (Å²) in [5.41, 5.74) is 2.99. The van der Waals surface area contributed by atoms with Crippen molar-refractivity contribution in [2.45, 2.75) is 27.2 Å². The molecule has 68 valence electrons. The van der Waals surface area contributed by atoms with Crippen molar-refractivity contribution in [2.24, 2.45) is 0 Å². The molecule has 1 N–H and O–H groups in total. The predicted molar refractivity (Wildman–Crippen MR) is 44.8 cm³/mol. The van der Waals surface area contributed by atoms with Crippen LogP contribution in [0.4, 0.5) is 0 Å². The molecule has 0 bridgehead atoms. The fourth-order valence-corrected chi connectivity index (χ4v) is 1.16. The fraction of sp³-hybridized carbons (Fsp3) is 0.400. The van der Waals surface area contributed by atoms with Gasteiger partial charge in [-0.3, -0.25) is 0 Å². The van der Waals surface area contributed by atoms with Crippen molar-refractivity contribution < 1.29 is 56.4 Å². The molecule has 0 aromatic heterocycles. The topological polar surface area (TPSA) is 20.2 Å². The molecule has 0 spiro atoms. The maximum absolute atomic E-state index is 9.32. The number of rotatable bonds is 0. The number of hydrogen-bond donors (Lipinski definition) is 1. The average molecular weight is 288 g/mol. The average Bonchev–Trinajstić information content (AvgIpc) is 1.93. The minimum absolute atomic E-state index is 0. The standard InChI is InChI=1S/C10H12O.V.Y/c1-7-4-8(2)6-10(11)9(3)5-7;;/h11H,4H2,1-3H3;;/q-2;;. The third-order valence-electron chi connectivity index (χ3n) is 1.62. The summed E-state index contributed by atoms with van der Waals surface area (Å²) in [5.74, 6) is 0.222. The van der Waals surface area contributed by atoms with E-state index in [4.69, 9.17) is 0 Å². The van der Waals surface area contributed by atoms with E-state index in [9.17, 15) is 5.11 Å². The van der Waals surface area contributed by atoms with Crippen molar-refractivity contribution in [1.82, 2.24) is 0 Å². The number of allylic oxidation sites excluding steroid dienone is 5. The van der Waals surface area contributed by atoms with Gasteiger partial charge in [-0.2, -0.15) is 11.1 Å². The largest absolute Gasteiger partial charge is 0.629 e. The number of aliphatic hydroxyl groups excluding tert-OH is 1. The summed E-state index contributed by atoms with van der Waals surface area (Å²) in [6.45, 7) is 5.80. The maximum Gasteiger partial charge on any atom is 0 e. The zero-order chi connectivity index (χ0) is 8.43. The fourth-order valence-electron chi connectivity index (χ4n) is 1.16. The summed E-state index contributed by atoms with van der Waals surface area (Å²) in [5, 5.41) is 9.32. The molecule has 1 aliphatic carbocycles. The van der Waals surface area contributed by atoms with Gasteiger partial charge in [-0.25, -0.2) is 5.76 Å². The third kappa shape index (κ3) is 5.22. The van der Waals surface area contributed by atoms with Crippen LogP contribution in [-0.2, 0) is 51.3 Å². The smallest absolute Gasteiger partial charge is 0 e. The second-order valence-electron chi connectivity index (χ2n) is 2.96. The van der Waals surface area contributed by atoms with Gasteiger partial charge in [-0.05, 0) is 6.42 Å². The van der Waals surface area contributed by atoms with Gasteiger partial charge in [0.05, 0.1) is 0 Å². The molecular formula is C10H12OVY-2. The third-order valence-corrected chi connectivity index (χ3v) is 1.62.